The van der Waals surface area contributed by atoms with Gasteiger partial charge in [0, 0.05) is 17.1 Å². The van der Waals surface area contributed by atoms with Crippen molar-refractivity contribution in [3.8, 4) is 5.75 Å². The number of methoxy groups -OCH3 is 1. The molecule has 0 unspecified atom stereocenters. The Balaban J connectivity index is 1.70. The van der Waals surface area contributed by atoms with E-state index in [1.807, 2.05) is 44.2 Å². The molecule has 33 heavy (non-hydrogen) atoms. The van der Waals surface area contributed by atoms with Gasteiger partial charge in [-0.15, -0.1) is 11.3 Å². The molecule has 0 bridgehead atoms. The molecule has 0 fully saturated rings. The summed E-state index contributed by atoms with van der Waals surface area (Å²) in [5.41, 5.74) is 1.69. The maximum absolute atomic E-state index is 13.4. The van der Waals surface area contributed by atoms with Gasteiger partial charge >= 0.3 is 5.69 Å². The van der Waals surface area contributed by atoms with E-state index in [1.165, 1.54) is 20.5 Å². The Kier molecular flexibility index (Phi) is 6.46. The second-order valence-electron chi connectivity index (χ2n) is 7.80. The molecule has 2 aromatic heterocycles. The van der Waals surface area contributed by atoms with Gasteiger partial charge in [-0.3, -0.25) is 18.7 Å². The number of nitrogens with one attached hydrogen (secondary N) is 1. The number of hydrogen-bond donors (Lipinski definition) is 1. The minimum atomic E-state index is -0.477. The van der Waals surface area contributed by atoms with Crippen molar-refractivity contribution in [3.05, 3.63) is 91.4 Å². The van der Waals surface area contributed by atoms with E-state index in [4.69, 9.17) is 4.74 Å². The van der Waals surface area contributed by atoms with Crippen LogP contribution in [0, 0.1) is 13.8 Å². The second-order valence-corrected chi connectivity index (χ2v) is 9.00. The monoisotopic (exact) mass is 463 g/mol. The summed E-state index contributed by atoms with van der Waals surface area (Å²) in [5.74, 6) is 0.335. The van der Waals surface area contributed by atoms with Crippen LogP contribution < -0.4 is 21.3 Å². The van der Waals surface area contributed by atoms with Gasteiger partial charge < -0.3 is 10.1 Å². The van der Waals surface area contributed by atoms with Crippen LogP contribution in [0.15, 0.2) is 64.2 Å². The maximum Gasteiger partial charge on any atom is 0.332 e. The number of aromatic nitrogens is 2. The molecular weight excluding hydrogens is 438 g/mol. The lowest BCUT2D eigenvalue weighted by molar-refractivity contribution is -0.116. The van der Waals surface area contributed by atoms with Crippen molar-refractivity contribution in [2.24, 2.45) is 0 Å². The molecule has 0 radical (unpaired) electrons. The van der Waals surface area contributed by atoms with E-state index in [2.05, 4.69) is 5.32 Å². The Bertz CT molecular complexity index is 1420. The third-order valence-corrected chi connectivity index (χ3v) is 6.91. The average molecular weight is 464 g/mol. The predicted molar refractivity (Wildman–Crippen MR) is 132 cm³/mol. The van der Waals surface area contributed by atoms with E-state index in [1.54, 1.807) is 31.4 Å². The van der Waals surface area contributed by atoms with Crippen molar-refractivity contribution in [2.75, 3.05) is 12.4 Å². The number of aryl methyl sites for hydroxylation is 3. The summed E-state index contributed by atoms with van der Waals surface area (Å²) in [4.78, 5) is 40.9. The van der Waals surface area contributed by atoms with E-state index >= 15 is 0 Å². The number of anilines is 1. The lowest BCUT2D eigenvalue weighted by Gasteiger charge is -2.13. The number of hydrogen-bond acceptors (Lipinski definition) is 5. The summed E-state index contributed by atoms with van der Waals surface area (Å²) in [5, 5.41) is 3.31. The van der Waals surface area contributed by atoms with E-state index < -0.39 is 5.69 Å². The largest absolute Gasteiger partial charge is 0.497 e. The van der Waals surface area contributed by atoms with Crippen molar-refractivity contribution in [1.29, 1.82) is 0 Å². The Labute approximate surface area is 194 Å². The van der Waals surface area contributed by atoms with Crippen molar-refractivity contribution in [2.45, 2.75) is 33.4 Å². The summed E-state index contributed by atoms with van der Waals surface area (Å²) in [6, 6.07) is 16.7. The number of carbonyl (C=O) groups excluding carboxylic acids is 1. The van der Waals surface area contributed by atoms with Crippen molar-refractivity contribution in [1.82, 2.24) is 9.13 Å². The number of amides is 1. The molecule has 0 aliphatic rings. The topological polar surface area (TPSA) is 82.3 Å². The van der Waals surface area contributed by atoms with Crippen LogP contribution in [-0.4, -0.2) is 22.2 Å². The first kappa shape index (κ1) is 22.5. The number of ether oxygens (including phenoxy) is 1. The molecule has 0 spiro atoms. The minimum absolute atomic E-state index is 0.188. The summed E-state index contributed by atoms with van der Waals surface area (Å²) in [6.45, 7) is 3.85. The predicted octanol–water partition coefficient (Wildman–Crippen LogP) is 3.73. The number of fused-ring (bicyclic) bond motifs is 1. The lowest BCUT2D eigenvalue weighted by atomic mass is 10.1. The van der Waals surface area contributed by atoms with Crippen LogP contribution >= 0.6 is 11.3 Å². The molecule has 1 N–H and O–H groups in total. The van der Waals surface area contributed by atoms with Crippen LogP contribution in [0.2, 0.25) is 0 Å². The molecule has 2 aromatic carbocycles. The van der Waals surface area contributed by atoms with Crippen LogP contribution in [0.25, 0.3) is 10.2 Å². The highest BCUT2D eigenvalue weighted by Gasteiger charge is 2.20. The Morgan fingerprint density at radius 2 is 1.70 bits per heavy atom. The van der Waals surface area contributed by atoms with Gasteiger partial charge in [-0.25, -0.2) is 4.79 Å². The molecular formula is C25H25N3O4S. The van der Waals surface area contributed by atoms with Crippen LogP contribution in [0.4, 0.5) is 5.69 Å². The summed E-state index contributed by atoms with van der Waals surface area (Å²) >= 11 is 1.36. The highest BCUT2D eigenvalue weighted by Crippen LogP contribution is 2.27. The van der Waals surface area contributed by atoms with Crippen molar-refractivity contribution < 1.29 is 9.53 Å². The van der Waals surface area contributed by atoms with Crippen LogP contribution in [0.3, 0.4) is 0 Å². The van der Waals surface area contributed by atoms with E-state index in [0.29, 0.717) is 28.1 Å². The minimum Gasteiger partial charge on any atom is -0.497 e. The molecule has 7 nitrogen and oxygen atoms in total. The van der Waals surface area contributed by atoms with Gasteiger partial charge in [-0.05, 0) is 55.7 Å². The van der Waals surface area contributed by atoms with E-state index in [0.717, 1.165) is 16.0 Å². The van der Waals surface area contributed by atoms with Crippen LogP contribution in [0.5, 0.6) is 5.75 Å². The highest BCUT2D eigenvalue weighted by atomic mass is 32.1. The van der Waals surface area contributed by atoms with Gasteiger partial charge in [0.1, 0.15) is 17.1 Å². The third-order valence-electron chi connectivity index (χ3n) is 5.68. The standard InChI is InChI=1S/C25H25N3O4S/c1-16-17(2)33-24-22(16)23(30)27(14-13-18-7-5-4-6-8-18)25(31)28(24)15-21(29)26-19-9-11-20(32-3)12-10-19/h4-12H,13-15H2,1-3H3,(H,26,29). The zero-order chi connectivity index (χ0) is 23.5. The van der Waals surface area contributed by atoms with E-state index in [-0.39, 0.29) is 24.6 Å². The molecule has 0 saturated heterocycles. The molecule has 8 heteroatoms. The Morgan fingerprint density at radius 1 is 1.00 bits per heavy atom. The smallest absolute Gasteiger partial charge is 0.332 e. The molecule has 0 atom stereocenters. The molecule has 0 aliphatic heterocycles. The van der Waals surface area contributed by atoms with E-state index in [9.17, 15) is 14.4 Å². The number of carbonyl (C=O) groups is 1. The average Bonchev–Trinajstić information content (AvgIpc) is 3.12. The molecule has 0 aliphatic carbocycles. The molecule has 170 valence electrons. The molecule has 4 rings (SSSR count). The van der Waals surface area contributed by atoms with Gasteiger partial charge in [0.2, 0.25) is 5.91 Å². The van der Waals surface area contributed by atoms with Crippen molar-refractivity contribution in [3.63, 3.8) is 0 Å². The fourth-order valence-corrected chi connectivity index (χ4v) is 4.89. The van der Waals surface area contributed by atoms with Gasteiger partial charge in [0.05, 0.1) is 12.5 Å². The van der Waals surface area contributed by atoms with Crippen LogP contribution in [0.1, 0.15) is 16.0 Å². The normalized spacial score (nSPS) is 11.0. The third kappa shape index (κ3) is 4.61. The lowest BCUT2D eigenvalue weighted by Crippen LogP contribution is -2.41. The van der Waals surface area contributed by atoms with Gasteiger partial charge in [0.15, 0.2) is 0 Å². The summed E-state index contributed by atoms with van der Waals surface area (Å²) < 4.78 is 7.79. The summed E-state index contributed by atoms with van der Waals surface area (Å²) in [7, 11) is 1.57. The first-order valence-corrected chi connectivity index (χ1v) is 11.4. The molecule has 4 aromatic rings. The van der Waals surface area contributed by atoms with Gasteiger partial charge in [-0.2, -0.15) is 0 Å². The molecule has 1 amide bonds. The highest BCUT2D eigenvalue weighted by molar-refractivity contribution is 7.18. The first-order valence-electron chi connectivity index (χ1n) is 10.6. The van der Waals surface area contributed by atoms with Crippen molar-refractivity contribution >= 4 is 33.1 Å². The zero-order valence-electron chi connectivity index (χ0n) is 18.8. The fraction of sp³-hybridized carbons (Fsp3) is 0.240. The Hall–Kier alpha value is -3.65. The van der Waals surface area contributed by atoms with Gasteiger partial charge in [-0.1, -0.05) is 30.3 Å². The number of nitrogens with zero attached hydrogens (tertiary/aromatic N) is 2. The zero-order valence-corrected chi connectivity index (χ0v) is 19.6. The SMILES string of the molecule is COc1ccc(NC(=O)Cn2c(=O)n(CCc3ccccc3)c(=O)c3c(C)c(C)sc32)cc1. The fourth-order valence-electron chi connectivity index (χ4n) is 3.75. The maximum atomic E-state index is 13.4. The van der Waals surface area contributed by atoms with Crippen LogP contribution in [-0.2, 0) is 24.3 Å². The molecule has 0 saturated carbocycles. The second kappa shape index (κ2) is 9.46. The van der Waals surface area contributed by atoms with Gasteiger partial charge in [0.25, 0.3) is 5.56 Å². The molecule has 2 heterocycles. The Morgan fingerprint density at radius 3 is 2.36 bits per heavy atom. The summed E-state index contributed by atoms with van der Waals surface area (Å²) in [6.07, 6.45) is 0.543. The number of thiophene rings is 1. The quantitative estimate of drug-likeness (QED) is 0.453. The number of rotatable bonds is 7. The first-order chi connectivity index (χ1) is 15.9. The number of benzene rings is 2.